The molecule has 3 heterocycles. The van der Waals surface area contributed by atoms with Crippen molar-refractivity contribution >= 4 is 22.6 Å². The number of ether oxygens (including phenoxy) is 1. The molecule has 1 aromatic heterocycles. The van der Waals surface area contributed by atoms with E-state index in [1.54, 1.807) is 29.2 Å². The van der Waals surface area contributed by atoms with E-state index in [1.165, 1.54) is 12.1 Å². The summed E-state index contributed by atoms with van der Waals surface area (Å²) in [5, 5.41) is 21.7. The molecule has 0 saturated carbocycles. The largest absolute Gasteiger partial charge is 0.507 e. The molecule has 3 aromatic carbocycles. The minimum absolute atomic E-state index is 0.00156. The first-order valence-electron chi connectivity index (χ1n) is 11.7. The van der Waals surface area contributed by atoms with Gasteiger partial charge in [-0.2, -0.15) is 5.26 Å². The normalized spacial score (nSPS) is 18.1. The number of hydrogen-bond acceptors (Lipinski definition) is 7. The van der Waals surface area contributed by atoms with E-state index in [1.807, 2.05) is 38.1 Å². The van der Waals surface area contributed by atoms with Crippen molar-refractivity contribution in [1.29, 1.82) is 5.26 Å². The number of nitrogens with two attached hydrogens (primary N) is 1. The number of carbonyl (C=O) groups is 1. The van der Waals surface area contributed by atoms with E-state index in [2.05, 4.69) is 6.07 Å². The van der Waals surface area contributed by atoms with Crippen molar-refractivity contribution in [2.24, 2.45) is 5.73 Å². The first-order chi connectivity index (χ1) is 17.8. The average Bonchev–Trinajstić information content (AvgIpc) is 3.11. The average molecular weight is 492 g/mol. The monoisotopic (exact) mass is 491 g/mol. The molecule has 0 bridgehead atoms. The van der Waals surface area contributed by atoms with Crippen LogP contribution in [0, 0.1) is 18.3 Å². The Balaban J connectivity index is 1.74. The molecule has 0 fully saturated rings. The lowest BCUT2D eigenvalue weighted by molar-refractivity contribution is -0.120. The number of fused-ring (bicyclic) bond motifs is 5. The van der Waals surface area contributed by atoms with E-state index in [9.17, 15) is 20.0 Å². The fourth-order valence-corrected chi connectivity index (χ4v) is 5.50. The predicted molar refractivity (Wildman–Crippen MR) is 137 cm³/mol. The summed E-state index contributed by atoms with van der Waals surface area (Å²) in [5.41, 5.74) is 6.48. The summed E-state index contributed by atoms with van der Waals surface area (Å²) in [6.07, 6.45) is 0. The third-order valence-electron chi connectivity index (χ3n) is 7.07. The lowest BCUT2D eigenvalue weighted by atomic mass is 9.68. The van der Waals surface area contributed by atoms with E-state index >= 15 is 0 Å². The topological polar surface area (TPSA) is 130 Å². The summed E-state index contributed by atoms with van der Waals surface area (Å²) < 4.78 is 11.8. The molecule has 6 rings (SSSR count). The fourth-order valence-electron chi connectivity index (χ4n) is 5.50. The van der Waals surface area contributed by atoms with Crippen LogP contribution in [0.25, 0.3) is 22.3 Å². The van der Waals surface area contributed by atoms with Crippen LogP contribution in [0.3, 0.4) is 0 Å². The van der Waals surface area contributed by atoms with Crippen molar-refractivity contribution in [2.45, 2.75) is 19.3 Å². The second kappa shape index (κ2) is 7.73. The van der Waals surface area contributed by atoms with Gasteiger partial charge in [-0.3, -0.25) is 9.59 Å². The molecule has 1 spiro atoms. The predicted octanol–water partition coefficient (Wildman–Crippen LogP) is 4.21. The van der Waals surface area contributed by atoms with Gasteiger partial charge in [-0.15, -0.1) is 0 Å². The number of nitrogens with zero attached hydrogens (tertiary/aromatic N) is 2. The van der Waals surface area contributed by atoms with Gasteiger partial charge >= 0.3 is 0 Å². The van der Waals surface area contributed by atoms with Crippen LogP contribution in [-0.2, 0) is 10.2 Å². The third kappa shape index (κ3) is 2.82. The van der Waals surface area contributed by atoms with Gasteiger partial charge in [-0.25, -0.2) is 0 Å². The molecular formula is C29H21N3O5. The number of phenolic OH excluding ortho intramolecular Hbond substituents is 1. The van der Waals surface area contributed by atoms with E-state index in [0.717, 1.165) is 5.56 Å². The van der Waals surface area contributed by atoms with Gasteiger partial charge in [0.1, 0.15) is 45.3 Å². The van der Waals surface area contributed by atoms with Crippen LogP contribution in [0.2, 0.25) is 0 Å². The summed E-state index contributed by atoms with van der Waals surface area (Å²) in [6, 6.07) is 19.3. The molecular weight excluding hydrogens is 470 g/mol. The highest BCUT2D eigenvalue weighted by molar-refractivity contribution is 6.15. The number of rotatable bonds is 2. The van der Waals surface area contributed by atoms with E-state index in [4.69, 9.17) is 14.9 Å². The Morgan fingerprint density at radius 3 is 2.57 bits per heavy atom. The molecule has 0 aliphatic carbocycles. The molecule has 0 saturated heterocycles. The number of anilines is 1. The van der Waals surface area contributed by atoms with Crippen LogP contribution in [0.1, 0.15) is 23.6 Å². The van der Waals surface area contributed by atoms with Gasteiger partial charge in [0, 0.05) is 35.5 Å². The zero-order valence-corrected chi connectivity index (χ0v) is 20.0. The molecule has 2 aliphatic heterocycles. The summed E-state index contributed by atoms with van der Waals surface area (Å²) in [6.45, 7) is 4.01. The molecule has 37 heavy (non-hydrogen) atoms. The van der Waals surface area contributed by atoms with Crippen LogP contribution in [-0.4, -0.2) is 17.6 Å². The number of carbonyl (C=O) groups excluding carboxylic acids is 1. The second-order valence-corrected chi connectivity index (χ2v) is 9.09. The Labute approximate surface area is 211 Å². The SMILES string of the molecule is CCN1C(=O)C2(C(C#N)=C(N)Oc3cc4oc(-c5ccccc5)cc(=O)c4c(O)c32)c2cc(C)ccc21. The molecule has 8 nitrogen and oxygen atoms in total. The van der Waals surface area contributed by atoms with Crippen LogP contribution in [0.15, 0.2) is 81.3 Å². The van der Waals surface area contributed by atoms with Crippen molar-refractivity contribution in [3.8, 4) is 28.9 Å². The Kier molecular flexibility index (Phi) is 4.69. The lowest BCUT2D eigenvalue weighted by Gasteiger charge is -2.35. The molecule has 1 atom stereocenters. The molecule has 3 N–H and O–H groups in total. The highest BCUT2D eigenvalue weighted by Gasteiger charge is 2.60. The van der Waals surface area contributed by atoms with Gasteiger partial charge in [-0.05, 0) is 19.9 Å². The first kappa shape index (κ1) is 22.4. The summed E-state index contributed by atoms with van der Waals surface area (Å²) in [4.78, 5) is 29.1. The Morgan fingerprint density at radius 1 is 1.11 bits per heavy atom. The quantitative estimate of drug-likeness (QED) is 0.430. The number of likely N-dealkylation sites (N-methyl/N-ethyl adjacent to an activating group) is 1. The molecule has 182 valence electrons. The van der Waals surface area contributed by atoms with Gasteiger partial charge in [0.2, 0.25) is 11.8 Å². The zero-order chi connectivity index (χ0) is 26.1. The van der Waals surface area contributed by atoms with Gasteiger partial charge in [0.25, 0.3) is 0 Å². The minimum atomic E-state index is -1.79. The van der Waals surface area contributed by atoms with Crippen LogP contribution < -0.4 is 20.8 Å². The van der Waals surface area contributed by atoms with Crippen molar-refractivity contribution < 1.29 is 19.1 Å². The summed E-state index contributed by atoms with van der Waals surface area (Å²) >= 11 is 0. The maximum Gasteiger partial charge on any atom is 0.247 e. The van der Waals surface area contributed by atoms with Gasteiger partial charge < -0.3 is 24.9 Å². The van der Waals surface area contributed by atoms with Crippen LogP contribution in [0.5, 0.6) is 11.5 Å². The zero-order valence-electron chi connectivity index (χ0n) is 20.0. The standard InChI is InChI=1S/C29H21N3O5/c1-3-32-19-10-9-15(2)11-17(19)29(28(32)35)18(14-30)27(31)37-23-13-22-24(26(34)25(23)29)20(33)12-21(36-22)16-7-5-4-6-8-16/h4-13,34H,3,31H2,1-2H3. The highest BCUT2D eigenvalue weighted by Crippen LogP contribution is 2.58. The number of amides is 1. The molecule has 2 aliphatic rings. The minimum Gasteiger partial charge on any atom is -0.507 e. The number of phenols is 1. The van der Waals surface area contributed by atoms with Gasteiger partial charge in [0.05, 0.1) is 5.56 Å². The maximum absolute atomic E-state index is 14.2. The van der Waals surface area contributed by atoms with E-state index < -0.39 is 22.5 Å². The van der Waals surface area contributed by atoms with Crippen molar-refractivity contribution in [3.63, 3.8) is 0 Å². The molecule has 0 radical (unpaired) electrons. The van der Waals surface area contributed by atoms with Gasteiger partial charge in [-0.1, -0.05) is 48.0 Å². The third-order valence-corrected chi connectivity index (χ3v) is 7.07. The highest BCUT2D eigenvalue weighted by atomic mass is 16.5. The fraction of sp³-hybridized carbons (Fsp3) is 0.138. The number of aromatic hydroxyl groups is 1. The molecule has 1 unspecified atom stereocenters. The Morgan fingerprint density at radius 2 is 1.86 bits per heavy atom. The van der Waals surface area contributed by atoms with Crippen LogP contribution in [0.4, 0.5) is 5.69 Å². The molecule has 1 amide bonds. The van der Waals surface area contributed by atoms with Gasteiger partial charge in [0.15, 0.2) is 5.43 Å². The van der Waals surface area contributed by atoms with Crippen molar-refractivity contribution in [3.05, 3.63) is 99.0 Å². The van der Waals surface area contributed by atoms with Crippen molar-refractivity contribution in [1.82, 2.24) is 0 Å². The number of benzene rings is 3. The number of hydrogen-bond donors (Lipinski definition) is 2. The Hall–Kier alpha value is -5.03. The van der Waals surface area contributed by atoms with E-state index in [-0.39, 0.29) is 33.7 Å². The van der Waals surface area contributed by atoms with Crippen LogP contribution >= 0.6 is 0 Å². The Bertz CT molecular complexity index is 1780. The summed E-state index contributed by atoms with van der Waals surface area (Å²) in [5.74, 6) is -0.860. The number of nitriles is 1. The first-order valence-corrected chi connectivity index (χ1v) is 11.7. The van der Waals surface area contributed by atoms with E-state index in [0.29, 0.717) is 29.1 Å². The molecule has 4 aromatic rings. The summed E-state index contributed by atoms with van der Waals surface area (Å²) in [7, 11) is 0. The number of aryl methyl sites for hydroxylation is 1. The maximum atomic E-state index is 14.2. The lowest BCUT2D eigenvalue weighted by Crippen LogP contribution is -2.46. The second-order valence-electron chi connectivity index (χ2n) is 9.09. The van der Waals surface area contributed by atoms with Crippen molar-refractivity contribution in [2.75, 3.05) is 11.4 Å². The molecule has 8 heteroatoms. The smallest absolute Gasteiger partial charge is 0.247 e.